The van der Waals surface area contributed by atoms with E-state index in [2.05, 4.69) is 37.5 Å². The van der Waals surface area contributed by atoms with Crippen LogP contribution in [0.15, 0.2) is 35.9 Å². The van der Waals surface area contributed by atoms with Crippen molar-refractivity contribution < 1.29 is 19.0 Å². The van der Waals surface area contributed by atoms with Gasteiger partial charge in [0, 0.05) is 25.3 Å². The zero-order valence-electron chi connectivity index (χ0n) is 19.6. The van der Waals surface area contributed by atoms with Crippen LogP contribution in [0.1, 0.15) is 45.6 Å². The highest BCUT2D eigenvalue weighted by atomic mass is 16.6. The number of rotatable bonds is 8. The molecule has 0 aromatic heterocycles. The molecule has 1 spiro atoms. The number of hydrogen-bond donors (Lipinski definition) is 3. The van der Waals surface area contributed by atoms with Gasteiger partial charge in [0.25, 0.3) is 0 Å². The molecular formula is C25H37N3O4. The molecule has 0 unspecified atom stereocenters. The SMILES string of the molecule is CO[C@@H]1[C@H](NC(=O)NCCc2ccc(N)cc2)CC[C@]2(CO2)[C@H]1[C@]1(C)O[C@@H]1CC=C(C)C. The molecule has 0 radical (unpaired) electrons. The lowest BCUT2D eigenvalue weighted by Gasteiger charge is -2.43. The van der Waals surface area contributed by atoms with Gasteiger partial charge in [0.15, 0.2) is 0 Å². The molecule has 1 aromatic rings. The van der Waals surface area contributed by atoms with Crippen molar-refractivity contribution in [2.45, 2.75) is 75.9 Å². The highest BCUT2D eigenvalue weighted by Gasteiger charge is 2.71. The molecule has 3 aliphatic rings. The van der Waals surface area contributed by atoms with E-state index in [0.717, 1.165) is 43.5 Å². The molecule has 6 atom stereocenters. The van der Waals surface area contributed by atoms with Crippen LogP contribution in [-0.2, 0) is 20.6 Å². The molecule has 176 valence electrons. The first kappa shape index (κ1) is 23.1. The summed E-state index contributed by atoms with van der Waals surface area (Å²) >= 11 is 0. The average Bonchev–Trinajstić information content (AvgIpc) is 3.66. The summed E-state index contributed by atoms with van der Waals surface area (Å²) < 4.78 is 18.2. The maximum atomic E-state index is 12.6. The Morgan fingerprint density at radius 2 is 2.03 bits per heavy atom. The predicted molar refractivity (Wildman–Crippen MR) is 124 cm³/mol. The molecule has 4 N–H and O–H groups in total. The Bertz CT molecular complexity index is 847. The summed E-state index contributed by atoms with van der Waals surface area (Å²) in [5, 5.41) is 6.14. The van der Waals surface area contributed by atoms with Crippen molar-refractivity contribution >= 4 is 11.7 Å². The molecule has 3 fully saturated rings. The molecule has 32 heavy (non-hydrogen) atoms. The van der Waals surface area contributed by atoms with Crippen molar-refractivity contribution in [1.82, 2.24) is 10.6 Å². The number of nitrogens with two attached hydrogens (primary N) is 1. The first-order valence-corrected chi connectivity index (χ1v) is 11.6. The van der Waals surface area contributed by atoms with Crippen molar-refractivity contribution in [2.75, 3.05) is 26.0 Å². The maximum Gasteiger partial charge on any atom is 0.315 e. The Kier molecular flexibility index (Phi) is 6.52. The summed E-state index contributed by atoms with van der Waals surface area (Å²) in [5.41, 5.74) is 8.43. The molecule has 1 aliphatic carbocycles. The minimum Gasteiger partial charge on any atom is -0.399 e. The average molecular weight is 444 g/mol. The van der Waals surface area contributed by atoms with Gasteiger partial charge in [-0.25, -0.2) is 4.79 Å². The van der Waals surface area contributed by atoms with Crippen LogP contribution in [0, 0.1) is 5.92 Å². The van der Waals surface area contributed by atoms with Crippen LogP contribution in [0.2, 0.25) is 0 Å². The molecule has 2 heterocycles. The third kappa shape index (κ3) is 4.80. The van der Waals surface area contributed by atoms with Gasteiger partial charge in [-0.05, 0) is 64.2 Å². The lowest BCUT2D eigenvalue weighted by atomic mass is 9.67. The first-order chi connectivity index (χ1) is 15.3. The number of nitrogens with one attached hydrogen (secondary N) is 2. The van der Waals surface area contributed by atoms with E-state index in [4.69, 9.17) is 19.9 Å². The van der Waals surface area contributed by atoms with E-state index in [9.17, 15) is 4.79 Å². The summed E-state index contributed by atoms with van der Waals surface area (Å²) in [6.45, 7) is 7.69. The largest absolute Gasteiger partial charge is 0.399 e. The van der Waals surface area contributed by atoms with E-state index in [1.807, 2.05) is 24.3 Å². The number of methoxy groups -OCH3 is 1. The Balaban J connectivity index is 1.35. The van der Waals surface area contributed by atoms with Gasteiger partial charge in [0.1, 0.15) is 5.60 Å². The van der Waals surface area contributed by atoms with Crippen LogP contribution in [0.25, 0.3) is 0 Å². The molecule has 1 saturated carbocycles. The molecule has 4 rings (SSSR count). The lowest BCUT2D eigenvalue weighted by molar-refractivity contribution is -0.0653. The van der Waals surface area contributed by atoms with E-state index in [1.54, 1.807) is 7.11 Å². The summed E-state index contributed by atoms with van der Waals surface area (Å²) in [6, 6.07) is 7.48. The molecular weight excluding hydrogens is 406 g/mol. The van der Waals surface area contributed by atoms with Gasteiger partial charge in [-0.2, -0.15) is 0 Å². The van der Waals surface area contributed by atoms with Gasteiger partial charge in [-0.1, -0.05) is 23.8 Å². The van der Waals surface area contributed by atoms with Gasteiger partial charge in [0.2, 0.25) is 0 Å². The quantitative estimate of drug-likeness (QED) is 0.325. The monoisotopic (exact) mass is 443 g/mol. The van der Waals surface area contributed by atoms with Gasteiger partial charge in [0.05, 0.1) is 30.5 Å². The smallest absolute Gasteiger partial charge is 0.315 e. The van der Waals surface area contributed by atoms with Crippen molar-refractivity contribution in [3.05, 3.63) is 41.5 Å². The molecule has 7 nitrogen and oxygen atoms in total. The number of urea groups is 1. The minimum absolute atomic E-state index is 0.0820. The number of hydrogen-bond acceptors (Lipinski definition) is 5. The Morgan fingerprint density at radius 1 is 1.31 bits per heavy atom. The van der Waals surface area contributed by atoms with Crippen LogP contribution in [-0.4, -0.2) is 55.7 Å². The number of carbonyl (C=O) groups is 1. The molecule has 2 amide bonds. The number of ether oxygens (including phenoxy) is 3. The summed E-state index contributed by atoms with van der Waals surface area (Å²) in [7, 11) is 1.73. The fourth-order valence-electron chi connectivity index (χ4n) is 5.37. The van der Waals surface area contributed by atoms with E-state index in [0.29, 0.717) is 6.54 Å². The minimum atomic E-state index is -0.297. The second kappa shape index (κ2) is 9.04. The highest BCUT2D eigenvalue weighted by Crippen LogP contribution is 2.59. The first-order valence-electron chi connectivity index (χ1n) is 11.6. The molecule has 7 heteroatoms. The van der Waals surface area contributed by atoms with Gasteiger partial charge in [-0.3, -0.25) is 0 Å². The number of amides is 2. The summed E-state index contributed by atoms with van der Waals surface area (Å²) in [5.74, 6) is 0.0874. The Hall–Kier alpha value is -2.09. The molecule has 1 aromatic carbocycles. The molecule has 2 saturated heterocycles. The highest BCUT2D eigenvalue weighted by molar-refractivity contribution is 5.74. The third-order valence-electron chi connectivity index (χ3n) is 7.29. The Morgan fingerprint density at radius 3 is 2.66 bits per heavy atom. The normalized spacial score (nSPS) is 35.2. The van der Waals surface area contributed by atoms with Gasteiger partial charge in [-0.15, -0.1) is 0 Å². The van der Waals surface area contributed by atoms with Crippen LogP contribution >= 0.6 is 0 Å². The second-order valence-electron chi connectivity index (χ2n) is 9.88. The number of carbonyl (C=O) groups excluding carboxylic acids is 1. The van der Waals surface area contributed by atoms with E-state index >= 15 is 0 Å². The number of benzene rings is 1. The van der Waals surface area contributed by atoms with Crippen molar-refractivity contribution in [2.24, 2.45) is 5.92 Å². The van der Waals surface area contributed by atoms with Crippen LogP contribution in [0.3, 0.4) is 0 Å². The van der Waals surface area contributed by atoms with Crippen LogP contribution in [0.4, 0.5) is 10.5 Å². The summed E-state index contributed by atoms with van der Waals surface area (Å²) in [4.78, 5) is 12.6. The lowest BCUT2D eigenvalue weighted by Crippen LogP contribution is -2.60. The standard InChI is InChI=1S/C25H37N3O4/c1-16(2)5-10-20-24(3,32-20)22-21(30-4)19(11-13-25(22)15-31-25)28-23(29)27-14-12-17-6-8-18(26)9-7-17/h5-9,19-22H,10-15,26H2,1-4H3,(H2,27,28,29)/t19-,20-,21-,22-,24-,25+/m1/s1. The zero-order valence-corrected chi connectivity index (χ0v) is 19.6. The molecule has 2 aliphatic heterocycles. The number of anilines is 1. The zero-order chi connectivity index (χ0) is 22.9. The third-order valence-corrected chi connectivity index (χ3v) is 7.29. The van der Waals surface area contributed by atoms with Crippen molar-refractivity contribution in [3.63, 3.8) is 0 Å². The van der Waals surface area contributed by atoms with E-state index in [-0.39, 0.29) is 41.4 Å². The Labute approximate surface area is 191 Å². The predicted octanol–water partition coefficient (Wildman–Crippen LogP) is 3.19. The fourth-order valence-corrected chi connectivity index (χ4v) is 5.37. The number of allylic oxidation sites excluding steroid dienone is 1. The van der Waals surface area contributed by atoms with Crippen LogP contribution < -0.4 is 16.4 Å². The van der Waals surface area contributed by atoms with Gasteiger partial charge < -0.3 is 30.6 Å². The number of nitrogen functional groups attached to an aromatic ring is 1. The fraction of sp³-hybridized carbons (Fsp3) is 0.640. The number of epoxide rings is 2. The van der Waals surface area contributed by atoms with E-state index in [1.165, 1.54) is 5.57 Å². The topological polar surface area (TPSA) is 101 Å². The maximum absolute atomic E-state index is 12.6. The van der Waals surface area contributed by atoms with Crippen LogP contribution in [0.5, 0.6) is 0 Å². The van der Waals surface area contributed by atoms with Crippen molar-refractivity contribution in [3.8, 4) is 0 Å². The van der Waals surface area contributed by atoms with Gasteiger partial charge >= 0.3 is 6.03 Å². The summed E-state index contributed by atoms with van der Waals surface area (Å²) in [6.07, 6.45) is 5.61. The van der Waals surface area contributed by atoms with Crippen molar-refractivity contribution in [1.29, 1.82) is 0 Å². The van der Waals surface area contributed by atoms with E-state index < -0.39 is 0 Å². The second-order valence-corrected chi connectivity index (χ2v) is 9.88. The molecule has 0 bridgehead atoms.